The van der Waals surface area contributed by atoms with Crippen molar-refractivity contribution in [2.75, 3.05) is 12.3 Å². The number of nitrogens with zero attached hydrogens (tertiary/aromatic N) is 3. The minimum atomic E-state index is -3.94. The lowest BCUT2D eigenvalue weighted by Crippen LogP contribution is -2.67. The molecule has 4 heterocycles. The van der Waals surface area contributed by atoms with Crippen molar-refractivity contribution in [2.45, 2.75) is 105 Å². The molecule has 2 aliphatic heterocycles. The van der Waals surface area contributed by atoms with Gasteiger partial charge < -0.3 is 41.1 Å². The number of aromatic nitrogens is 4. The second-order valence-electron chi connectivity index (χ2n) is 10.4. The molecule has 2 aromatic rings. The van der Waals surface area contributed by atoms with Crippen LogP contribution in [-0.4, -0.2) is 80.8 Å². The van der Waals surface area contributed by atoms with Crippen molar-refractivity contribution in [3.8, 4) is 0 Å². The Hall–Kier alpha value is -1.74. The molecule has 0 spiro atoms. The number of ether oxygens (including phenoxy) is 1. The summed E-state index contributed by atoms with van der Waals surface area (Å²) in [5.41, 5.74) is 5.81. The maximum Gasteiger partial charge on any atom is 0.674 e. The van der Waals surface area contributed by atoms with Crippen molar-refractivity contribution in [2.24, 2.45) is 0 Å². The van der Waals surface area contributed by atoms with Crippen LogP contribution >= 0.6 is 0 Å². The van der Waals surface area contributed by atoms with Gasteiger partial charge in [0.25, 0.3) is 5.56 Å². The fourth-order valence-corrected chi connectivity index (χ4v) is 10.4. The van der Waals surface area contributed by atoms with Crippen LogP contribution in [0.3, 0.4) is 0 Å². The smallest absolute Gasteiger partial charge is 0.369 e. The minimum Gasteiger partial charge on any atom is -0.369 e. The summed E-state index contributed by atoms with van der Waals surface area (Å²) < 4.78 is 52.6. The fraction of sp³-hybridized carbons (Fsp3) is 0.773. The van der Waals surface area contributed by atoms with Gasteiger partial charge in [0.2, 0.25) is 5.95 Å². The van der Waals surface area contributed by atoms with Gasteiger partial charge in [0.15, 0.2) is 11.2 Å². The molecule has 0 unspecified atom stereocenters. The number of nitrogens with two attached hydrogens (primary N) is 1. The Labute approximate surface area is 224 Å². The van der Waals surface area contributed by atoms with Gasteiger partial charge in [0.05, 0.1) is 19.0 Å². The minimum absolute atomic E-state index is 0.0178. The summed E-state index contributed by atoms with van der Waals surface area (Å²) in [5, 5.41) is 0. The average molecular weight is 575 g/mol. The van der Waals surface area contributed by atoms with Crippen LogP contribution in [0.2, 0.25) is 0 Å². The molecule has 4 rings (SSSR count). The Balaban J connectivity index is 1.73. The van der Waals surface area contributed by atoms with E-state index in [1.807, 2.05) is 55.4 Å². The molecule has 0 aliphatic carbocycles. The first-order valence-corrected chi connectivity index (χ1v) is 16.2. The van der Waals surface area contributed by atoms with Crippen molar-refractivity contribution >= 4 is 35.2 Å². The number of hydrogen-bond acceptors (Lipinski definition) is 12. The van der Waals surface area contributed by atoms with E-state index in [4.69, 9.17) is 41.1 Å². The third-order valence-electron chi connectivity index (χ3n) is 5.43. The lowest BCUT2D eigenvalue weighted by atomic mass is 10.2. The van der Waals surface area contributed by atoms with Gasteiger partial charge in [-0.25, -0.2) is 4.98 Å². The molecule has 214 valence electrons. The van der Waals surface area contributed by atoms with Gasteiger partial charge in [-0.15, -0.1) is 0 Å². The number of hydrogen-bond donors (Lipinski definition) is 2. The number of nitrogens with one attached hydrogen (secondary N) is 1. The molecular weight excluding hydrogens is 535 g/mol. The summed E-state index contributed by atoms with van der Waals surface area (Å²) in [6.07, 6.45) is -0.952. The molecule has 0 amide bonds. The van der Waals surface area contributed by atoms with Gasteiger partial charge in [0.1, 0.15) is 12.3 Å². The zero-order chi connectivity index (χ0) is 27.8. The van der Waals surface area contributed by atoms with Gasteiger partial charge in [-0.2, -0.15) is 4.98 Å². The van der Waals surface area contributed by atoms with Gasteiger partial charge >= 0.3 is 18.1 Å². The number of aromatic amines is 1. The second-order valence-corrected chi connectivity index (χ2v) is 14.7. The Bertz CT molecular complexity index is 1140. The molecular formula is C22H39N5O9Si2. The van der Waals surface area contributed by atoms with E-state index in [1.54, 1.807) is 4.57 Å². The highest BCUT2D eigenvalue weighted by Crippen LogP contribution is 2.38. The summed E-state index contributed by atoms with van der Waals surface area (Å²) in [6, 6.07) is 0. The highest BCUT2D eigenvalue weighted by molar-refractivity contribution is 6.68. The Morgan fingerprint density at radius 3 is 2.13 bits per heavy atom. The average Bonchev–Trinajstić information content (AvgIpc) is 3.32. The monoisotopic (exact) mass is 574 g/mol. The maximum absolute atomic E-state index is 12.3. The van der Waals surface area contributed by atoms with Gasteiger partial charge in [-0.3, -0.25) is 14.3 Å². The van der Waals surface area contributed by atoms with E-state index in [1.165, 1.54) is 6.33 Å². The largest absolute Gasteiger partial charge is 0.674 e. The van der Waals surface area contributed by atoms with Gasteiger partial charge in [-0.1, -0.05) is 0 Å². The molecule has 2 aromatic heterocycles. The van der Waals surface area contributed by atoms with Crippen LogP contribution in [-0.2, 0) is 35.4 Å². The number of H-pyrrole nitrogens is 1. The quantitative estimate of drug-likeness (QED) is 0.331. The number of rotatable bonds is 9. The molecule has 16 heteroatoms. The molecule has 0 saturated carbocycles. The highest BCUT2D eigenvalue weighted by Gasteiger charge is 2.65. The third-order valence-corrected chi connectivity index (χ3v) is 11.6. The molecule has 2 aliphatic rings. The number of nitrogen functional groups attached to an aromatic ring is 1. The van der Waals surface area contributed by atoms with Crippen LogP contribution < -0.4 is 11.3 Å². The first-order chi connectivity index (χ1) is 17.8. The first kappa shape index (κ1) is 29.3. The predicted octanol–water partition coefficient (Wildman–Crippen LogP) is 1.99. The van der Waals surface area contributed by atoms with Crippen LogP contribution in [0, 0.1) is 0 Å². The van der Waals surface area contributed by atoms with Gasteiger partial charge in [-0.05, 0) is 55.4 Å². The van der Waals surface area contributed by atoms with Crippen molar-refractivity contribution in [3.63, 3.8) is 0 Å². The molecule has 3 atom stereocenters. The van der Waals surface area contributed by atoms with Crippen LogP contribution in [0.4, 0.5) is 5.95 Å². The van der Waals surface area contributed by atoms with Crippen LogP contribution in [0.1, 0.15) is 68.0 Å². The molecule has 2 saturated heterocycles. The number of imidazole rings is 1. The van der Waals surface area contributed by atoms with E-state index < -0.39 is 42.1 Å². The number of fused-ring (bicyclic) bond motifs is 2. The van der Waals surface area contributed by atoms with E-state index >= 15 is 0 Å². The lowest BCUT2D eigenvalue weighted by Gasteiger charge is -2.42. The Morgan fingerprint density at radius 1 is 0.974 bits per heavy atom. The van der Waals surface area contributed by atoms with Crippen LogP contribution in [0.5, 0.6) is 0 Å². The molecule has 3 N–H and O–H groups in total. The summed E-state index contributed by atoms with van der Waals surface area (Å²) in [6.45, 7) is 15.0. The standard InChI is InChI=1S/C22H39N5O9Si2/c1-12(2)31-37(32-13(3)4)29-10-17-16(35-38(36-37,33-14(5)6)34-15(7)8)9-18(30-17)27-11-24-19-20(27)25-22(23)26-21(19)28/h11-18H,9-10H2,1-8H3,(H3,23,25,26,28)/t16-,17+,18+/m0/s1/i23+1. The topological polar surface area (TPSA) is 163 Å². The zero-order valence-corrected chi connectivity index (χ0v) is 25.1. The van der Waals surface area contributed by atoms with E-state index in [-0.39, 0.29) is 42.5 Å². The fourth-order valence-electron chi connectivity index (χ4n) is 4.31. The molecule has 2 fully saturated rings. The van der Waals surface area contributed by atoms with E-state index in [2.05, 4.69) is 15.0 Å². The summed E-state index contributed by atoms with van der Waals surface area (Å²) >= 11 is 0. The molecule has 0 bridgehead atoms. The summed E-state index contributed by atoms with van der Waals surface area (Å²) in [4.78, 5) is 23.2. The van der Waals surface area contributed by atoms with Crippen molar-refractivity contribution in [1.82, 2.24) is 19.5 Å². The molecule has 0 aromatic carbocycles. The number of anilines is 1. The van der Waals surface area contributed by atoms with Crippen molar-refractivity contribution in [3.05, 3.63) is 16.7 Å². The van der Waals surface area contributed by atoms with Crippen molar-refractivity contribution in [1.29, 1.82) is 0 Å². The Kier molecular flexibility index (Phi) is 8.78. The Morgan fingerprint density at radius 2 is 1.55 bits per heavy atom. The predicted molar refractivity (Wildman–Crippen MR) is 139 cm³/mol. The molecule has 14 nitrogen and oxygen atoms in total. The summed E-state index contributed by atoms with van der Waals surface area (Å²) in [7, 11) is -7.80. The SMILES string of the molecule is CC(C)O[Si]1(OC(C)C)OC[C@H]2O[C@@H](n3cnc4c(=O)[nH]c([15NH2])nc43)C[C@@H]2O[Si](OC(C)C)(OC(C)C)O1. The second kappa shape index (κ2) is 11.4. The van der Waals surface area contributed by atoms with E-state index in [9.17, 15) is 4.79 Å². The first-order valence-electron chi connectivity index (χ1n) is 12.9. The summed E-state index contributed by atoms with van der Waals surface area (Å²) in [5.74, 6) is -0.0178. The lowest BCUT2D eigenvalue weighted by molar-refractivity contribution is -0.144. The van der Waals surface area contributed by atoms with E-state index in [0.717, 1.165) is 0 Å². The van der Waals surface area contributed by atoms with Crippen LogP contribution in [0.25, 0.3) is 11.2 Å². The maximum atomic E-state index is 12.3. The molecule has 38 heavy (non-hydrogen) atoms. The van der Waals surface area contributed by atoms with Crippen LogP contribution in [0.15, 0.2) is 11.1 Å². The highest BCUT2D eigenvalue weighted by atomic mass is 28.5. The zero-order valence-electron chi connectivity index (χ0n) is 23.1. The van der Waals surface area contributed by atoms with Gasteiger partial charge in [0, 0.05) is 30.8 Å². The van der Waals surface area contributed by atoms with Crippen molar-refractivity contribution < 1.29 is 35.4 Å². The normalized spacial score (nSPS) is 25.4. The van der Waals surface area contributed by atoms with E-state index in [0.29, 0.717) is 12.1 Å². The third kappa shape index (κ3) is 6.52. The molecule has 0 radical (unpaired) electrons.